The van der Waals surface area contributed by atoms with Crippen LogP contribution in [-0.2, 0) is 17.9 Å². The van der Waals surface area contributed by atoms with Gasteiger partial charge in [-0.2, -0.15) is 0 Å². The Labute approximate surface area is 166 Å². The largest absolute Gasteiger partial charge is 0.496 e. The van der Waals surface area contributed by atoms with Crippen molar-refractivity contribution in [1.29, 1.82) is 0 Å². The zero-order valence-electron chi connectivity index (χ0n) is 16.5. The molecule has 5 nitrogen and oxygen atoms in total. The van der Waals surface area contributed by atoms with Crippen LogP contribution in [0.3, 0.4) is 0 Å². The maximum Gasteiger partial charge on any atom is 0.237 e. The minimum absolute atomic E-state index is 0.0455. The van der Waals surface area contributed by atoms with Crippen LogP contribution in [0.5, 0.6) is 5.75 Å². The number of hydrogen-bond acceptors (Lipinski definition) is 4. The van der Waals surface area contributed by atoms with Crippen LogP contribution in [0, 0.1) is 5.82 Å². The van der Waals surface area contributed by atoms with Gasteiger partial charge < -0.3 is 10.1 Å². The number of carbonyl (C=O) groups excluding carboxylic acids is 1. The number of piperazine rings is 1. The third kappa shape index (κ3) is 5.30. The summed E-state index contributed by atoms with van der Waals surface area (Å²) in [5, 5.41) is 3.02. The summed E-state index contributed by atoms with van der Waals surface area (Å²) in [7, 11) is 1.60. The van der Waals surface area contributed by atoms with Gasteiger partial charge in [0.15, 0.2) is 0 Å². The highest BCUT2D eigenvalue weighted by atomic mass is 19.1. The molecule has 0 spiro atoms. The molecule has 1 aliphatic heterocycles. The van der Waals surface area contributed by atoms with Crippen molar-refractivity contribution in [2.24, 2.45) is 0 Å². The Balaban J connectivity index is 1.48. The van der Waals surface area contributed by atoms with E-state index in [0.29, 0.717) is 18.8 Å². The van der Waals surface area contributed by atoms with Gasteiger partial charge in [-0.1, -0.05) is 30.3 Å². The predicted molar refractivity (Wildman–Crippen MR) is 108 cm³/mol. The summed E-state index contributed by atoms with van der Waals surface area (Å²) >= 11 is 0. The Kier molecular flexibility index (Phi) is 7.01. The van der Waals surface area contributed by atoms with Gasteiger partial charge >= 0.3 is 0 Å². The van der Waals surface area contributed by atoms with Gasteiger partial charge in [-0.25, -0.2) is 4.39 Å². The Hall–Kier alpha value is -2.44. The zero-order chi connectivity index (χ0) is 19.9. The number of rotatable bonds is 7. The molecular formula is C22H28FN3O2. The molecule has 1 heterocycles. The second-order valence-electron chi connectivity index (χ2n) is 7.15. The number of benzene rings is 2. The van der Waals surface area contributed by atoms with E-state index in [9.17, 15) is 9.18 Å². The van der Waals surface area contributed by atoms with Gasteiger partial charge in [0.05, 0.1) is 13.2 Å². The van der Waals surface area contributed by atoms with E-state index in [0.717, 1.165) is 37.3 Å². The van der Waals surface area contributed by atoms with E-state index in [1.54, 1.807) is 13.2 Å². The monoisotopic (exact) mass is 385 g/mol. The van der Waals surface area contributed by atoms with Crippen LogP contribution in [0.4, 0.5) is 4.39 Å². The van der Waals surface area contributed by atoms with Crippen LogP contribution < -0.4 is 10.1 Å². The van der Waals surface area contributed by atoms with Crippen molar-refractivity contribution in [3.8, 4) is 5.75 Å². The fraction of sp³-hybridized carbons (Fsp3) is 0.409. The van der Waals surface area contributed by atoms with Crippen LogP contribution in [0.2, 0.25) is 0 Å². The van der Waals surface area contributed by atoms with Crippen LogP contribution >= 0.6 is 0 Å². The molecule has 1 fully saturated rings. The molecule has 0 aromatic heterocycles. The first kappa shape index (κ1) is 20.3. The number of methoxy groups -OCH3 is 1. The molecule has 28 heavy (non-hydrogen) atoms. The number of halogens is 1. The SMILES string of the molecule is COc1ccc(F)cc1CN1CCN([C@H](C)C(=O)NCc2ccccc2)CC1. The Morgan fingerprint density at radius 2 is 1.86 bits per heavy atom. The second-order valence-corrected chi connectivity index (χ2v) is 7.15. The van der Waals surface area contributed by atoms with Crippen molar-refractivity contribution in [2.45, 2.75) is 26.1 Å². The van der Waals surface area contributed by atoms with E-state index in [2.05, 4.69) is 15.1 Å². The average Bonchev–Trinajstić information content (AvgIpc) is 2.73. The highest BCUT2D eigenvalue weighted by Gasteiger charge is 2.25. The quantitative estimate of drug-likeness (QED) is 0.796. The van der Waals surface area contributed by atoms with Crippen molar-refractivity contribution in [3.05, 3.63) is 65.5 Å². The first-order chi connectivity index (χ1) is 13.6. The second kappa shape index (κ2) is 9.66. The molecule has 1 amide bonds. The lowest BCUT2D eigenvalue weighted by molar-refractivity contribution is -0.126. The van der Waals surface area contributed by atoms with E-state index in [1.165, 1.54) is 12.1 Å². The minimum Gasteiger partial charge on any atom is -0.496 e. The lowest BCUT2D eigenvalue weighted by atomic mass is 10.1. The number of nitrogens with one attached hydrogen (secondary N) is 1. The van der Waals surface area contributed by atoms with Crippen molar-refractivity contribution >= 4 is 5.91 Å². The predicted octanol–water partition coefficient (Wildman–Crippen LogP) is 2.66. The molecule has 1 N–H and O–H groups in total. The molecule has 0 radical (unpaired) electrons. The van der Waals surface area contributed by atoms with Crippen molar-refractivity contribution in [2.75, 3.05) is 33.3 Å². The van der Waals surface area contributed by atoms with Crippen molar-refractivity contribution in [3.63, 3.8) is 0 Å². The van der Waals surface area contributed by atoms with Gasteiger partial charge in [0.2, 0.25) is 5.91 Å². The third-order valence-corrected chi connectivity index (χ3v) is 5.28. The van der Waals surface area contributed by atoms with E-state index in [-0.39, 0.29) is 17.8 Å². The Bertz CT molecular complexity index is 777. The molecule has 150 valence electrons. The summed E-state index contributed by atoms with van der Waals surface area (Å²) in [6.07, 6.45) is 0. The molecule has 0 unspecified atom stereocenters. The van der Waals surface area contributed by atoms with E-state index >= 15 is 0 Å². The molecule has 0 bridgehead atoms. The van der Waals surface area contributed by atoms with E-state index in [4.69, 9.17) is 4.74 Å². The number of nitrogens with zero attached hydrogens (tertiary/aromatic N) is 2. The highest BCUT2D eigenvalue weighted by molar-refractivity contribution is 5.81. The maximum atomic E-state index is 13.6. The summed E-state index contributed by atoms with van der Waals surface area (Å²) in [6.45, 7) is 6.40. The summed E-state index contributed by atoms with van der Waals surface area (Å²) in [6, 6.07) is 14.4. The topological polar surface area (TPSA) is 44.8 Å². The smallest absolute Gasteiger partial charge is 0.237 e. The lowest BCUT2D eigenvalue weighted by Gasteiger charge is -2.37. The Morgan fingerprint density at radius 3 is 2.54 bits per heavy atom. The molecule has 1 saturated heterocycles. The number of hydrogen-bond donors (Lipinski definition) is 1. The molecule has 1 aliphatic rings. The van der Waals surface area contributed by atoms with Crippen LogP contribution in [0.15, 0.2) is 48.5 Å². The maximum absolute atomic E-state index is 13.6. The van der Waals surface area contributed by atoms with Crippen LogP contribution in [0.1, 0.15) is 18.1 Å². The highest BCUT2D eigenvalue weighted by Crippen LogP contribution is 2.22. The fourth-order valence-corrected chi connectivity index (χ4v) is 3.52. The fourth-order valence-electron chi connectivity index (χ4n) is 3.52. The molecule has 0 aliphatic carbocycles. The van der Waals surface area contributed by atoms with Gasteiger partial charge in [-0.3, -0.25) is 14.6 Å². The third-order valence-electron chi connectivity index (χ3n) is 5.28. The number of amides is 1. The molecule has 0 saturated carbocycles. The number of carbonyl (C=O) groups is 1. The van der Waals surface area contributed by atoms with Gasteiger partial charge in [0.25, 0.3) is 0 Å². The standard InChI is InChI=1S/C22H28FN3O2/c1-17(22(27)24-15-18-6-4-3-5-7-18)26-12-10-25(11-13-26)16-19-14-20(23)8-9-21(19)28-2/h3-9,14,17H,10-13,15-16H2,1-2H3,(H,24,27)/t17-/m1/s1. The van der Waals surface area contributed by atoms with Gasteiger partial charge in [-0.05, 0) is 30.7 Å². The van der Waals surface area contributed by atoms with Crippen LogP contribution in [0.25, 0.3) is 0 Å². The molecule has 1 atom stereocenters. The van der Waals surface area contributed by atoms with Gasteiger partial charge in [-0.15, -0.1) is 0 Å². The molecular weight excluding hydrogens is 357 g/mol. The number of ether oxygens (including phenoxy) is 1. The normalized spacial score (nSPS) is 16.5. The summed E-state index contributed by atoms with van der Waals surface area (Å²) in [5.41, 5.74) is 1.95. The van der Waals surface area contributed by atoms with Gasteiger partial charge in [0, 0.05) is 44.8 Å². The molecule has 6 heteroatoms. The van der Waals surface area contributed by atoms with Crippen molar-refractivity contribution < 1.29 is 13.9 Å². The molecule has 3 rings (SSSR count). The lowest BCUT2D eigenvalue weighted by Crippen LogP contribution is -2.53. The minimum atomic E-state index is -0.252. The molecule has 2 aromatic rings. The first-order valence-electron chi connectivity index (χ1n) is 9.67. The van der Waals surface area contributed by atoms with E-state index in [1.807, 2.05) is 37.3 Å². The Morgan fingerprint density at radius 1 is 1.14 bits per heavy atom. The zero-order valence-corrected chi connectivity index (χ0v) is 16.5. The van der Waals surface area contributed by atoms with Crippen molar-refractivity contribution in [1.82, 2.24) is 15.1 Å². The summed E-state index contributed by atoms with van der Waals surface area (Å²) in [4.78, 5) is 16.9. The first-order valence-corrected chi connectivity index (χ1v) is 9.67. The molecule has 2 aromatic carbocycles. The van der Waals surface area contributed by atoms with Gasteiger partial charge in [0.1, 0.15) is 11.6 Å². The summed E-state index contributed by atoms with van der Waals surface area (Å²) in [5.74, 6) is 0.500. The summed E-state index contributed by atoms with van der Waals surface area (Å²) < 4.78 is 18.9. The van der Waals surface area contributed by atoms with Crippen LogP contribution in [-0.4, -0.2) is 55.0 Å². The average molecular weight is 385 g/mol. The van der Waals surface area contributed by atoms with E-state index < -0.39 is 0 Å².